The zero-order valence-electron chi connectivity index (χ0n) is 10.6. The lowest BCUT2D eigenvalue weighted by molar-refractivity contribution is 0.208. The van der Waals surface area contributed by atoms with Gasteiger partial charge in [-0.3, -0.25) is 0 Å². The fraction of sp³-hybridized carbons (Fsp3) is 0.250. The predicted octanol–water partition coefficient (Wildman–Crippen LogP) is 3.87. The number of halogens is 1. The number of hydrogen-bond donors (Lipinski definition) is 1. The Bertz CT molecular complexity index is 597. The van der Waals surface area contributed by atoms with Gasteiger partial charge in [-0.25, -0.2) is 0 Å². The standard InChI is InChI=1S/C16H16ClNO/c17-14-9-11(10-18)5-7-16(14)19-15-8-6-12-3-1-2-4-13(12)15/h1-5,7,9,15H,6,8,10,18H2. The highest BCUT2D eigenvalue weighted by molar-refractivity contribution is 6.32. The topological polar surface area (TPSA) is 35.2 Å². The zero-order chi connectivity index (χ0) is 13.2. The first-order valence-electron chi connectivity index (χ1n) is 6.51. The molecule has 0 heterocycles. The van der Waals surface area contributed by atoms with Crippen molar-refractivity contribution in [1.29, 1.82) is 0 Å². The first-order valence-corrected chi connectivity index (χ1v) is 6.88. The second-order valence-corrected chi connectivity index (χ2v) is 5.22. The SMILES string of the molecule is NCc1ccc(OC2CCc3ccccc32)c(Cl)c1. The van der Waals surface area contributed by atoms with E-state index >= 15 is 0 Å². The third kappa shape index (κ3) is 2.46. The molecule has 2 aromatic rings. The maximum Gasteiger partial charge on any atom is 0.138 e. The molecule has 0 aliphatic heterocycles. The van der Waals surface area contributed by atoms with E-state index < -0.39 is 0 Å². The van der Waals surface area contributed by atoms with Gasteiger partial charge in [0, 0.05) is 6.54 Å². The van der Waals surface area contributed by atoms with Crippen molar-refractivity contribution in [2.45, 2.75) is 25.5 Å². The van der Waals surface area contributed by atoms with E-state index in [2.05, 4.69) is 24.3 Å². The van der Waals surface area contributed by atoms with Crippen molar-refractivity contribution in [1.82, 2.24) is 0 Å². The van der Waals surface area contributed by atoms with Gasteiger partial charge in [-0.2, -0.15) is 0 Å². The Kier molecular flexibility index (Phi) is 3.45. The van der Waals surface area contributed by atoms with Gasteiger partial charge in [0.25, 0.3) is 0 Å². The zero-order valence-corrected chi connectivity index (χ0v) is 11.4. The Morgan fingerprint density at radius 1 is 1.21 bits per heavy atom. The minimum atomic E-state index is 0.109. The van der Waals surface area contributed by atoms with Gasteiger partial charge in [0.2, 0.25) is 0 Å². The third-order valence-corrected chi connectivity index (χ3v) is 3.87. The van der Waals surface area contributed by atoms with Crippen LogP contribution in [0.3, 0.4) is 0 Å². The summed E-state index contributed by atoms with van der Waals surface area (Å²) in [7, 11) is 0. The van der Waals surface area contributed by atoms with Gasteiger partial charge < -0.3 is 10.5 Å². The van der Waals surface area contributed by atoms with Crippen LogP contribution in [0.5, 0.6) is 5.75 Å². The van der Waals surface area contributed by atoms with E-state index in [-0.39, 0.29) is 6.10 Å². The summed E-state index contributed by atoms with van der Waals surface area (Å²) in [6.07, 6.45) is 2.19. The Morgan fingerprint density at radius 2 is 2.05 bits per heavy atom. The molecule has 0 saturated carbocycles. The molecule has 0 bridgehead atoms. The Morgan fingerprint density at radius 3 is 2.84 bits per heavy atom. The van der Waals surface area contributed by atoms with E-state index in [0.29, 0.717) is 11.6 Å². The van der Waals surface area contributed by atoms with Crippen LogP contribution in [0.2, 0.25) is 5.02 Å². The summed E-state index contributed by atoms with van der Waals surface area (Å²) in [5, 5.41) is 0.632. The highest BCUT2D eigenvalue weighted by Crippen LogP contribution is 2.37. The highest BCUT2D eigenvalue weighted by atomic mass is 35.5. The van der Waals surface area contributed by atoms with Crippen LogP contribution in [0.25, 0.3) is 0 Å². The first-order chi connectivity index (χ1) is 9.28. The van der Waals surface area contributed by atoms with E-state index in [1.165, 1.54) is 11.1 Å². The quantitative estimate of drug-likeness (QED) is 0.921. The summed E-state index contributed by atoms with van der Waals surface area (Å²) in [5.41, 5.74) is 9.27. The van der Waals surface area contributed by atoms with Gasteiger partial charge in [0.05, 0.1) is 5.02 Å². The van der Waals surface area contributed by atoms with E-state index in [1.807, 2.05) is 18.2 Å². The second-order valence-electron chi connectivity index (χ2n) is 4.81. The summed E-state index contributed by atoms with van der Waals surface area (Å²) in [6, 6.07) is 14.2. The van der Waals surface area contributed by atoms with Crippen LogP contribution in [0, 0.1) is 0 Å². The lowest BCUT2D eigenvalue weighted by atomic mass is 10.1. The Hall–Kier alpha value is -1.51. The normalized spacial score (nSPS) is 17.3. The van der Waals surface area contributed by atoms with Crippen molar-refractivity contribution < 1.29 is 4.74 Å². The molecule has 3 heteroatoms. The summed E-state index contributed by atoms with van der Waals surface area (Å²) >= 11 is 6.23. The number of nitrogens with two attached hydrogens (primary N) is 1. The molecule has 0 aromatic heterocycles. The van der Waals surface area contributed by atoms with E-state index in [0.717, 1.165) is 24.2 Å². The molecule has 0 radical (unpaired) electrons. The highest BCUT2D eigenvalue weighted by Gasteiger charge is 2.24. The van der Waals surface area contributed by atoms with Crippen LogP contribution in [-0.2, 0) is 13.0 Å². The summed E-state index contributed by atoms with van der Waals surface area (Å²) in [4.78, 5) is 0. The monoisotopic (exact) mass is 273 g/mol. The Labute approximate surface area is 118 Å². The third-order valence-electron chi connectivity index (χ3n) is 3.58. The van der Waals surface area contributed by atoms with Crippen molar-refractivity contribution in [3.8, 4) is 5.75 Å². The van der Waals surface area contributed by atoms with Gasteiger partial charge in [0.15, 0.2) is 0 Å². The molecular formula is C16H16ClNO. The fourth-order valence-electron chi connectivity index (χ4n) is 2.56. The van der Waals surface area contributed by atoms with Crippen molar-refractivity contribution in [2.75, 3.05) is 0 Å². The molecule has 2 N–H and O–H groups in total. The van der Waals surface area contributed by atoms with Crippen molar-refractivity contribution >= 4 is 11.6 Å². The number of rotatable bonds is 3. The van der Waals surface area contributed by atoms with E-state index in [4.69, 9.17) is 22.1 Å². The Balaban J connectivity index is 1.83. The number of fused-ring (bicyclic) bond motifs is 1. The summed E-state index contributed by atoms with van der Waals surface area (Å²) in [6.45, 7) is 0.492. The lowest BCUT2D eigenvalue weighted by Gasteiger charge is -2.16. The number of ether oxygens (including phenoxy) is 1. The lowest BCUT2D eigenvalue weighted by Crippen LogP contribution is -2.04. The number of aryl methyl sites for hydroxylation is 1. The molecule has 1 unspecified atom stereocenters. The van der Waals surface area contributed by atoms with Crippen LogP contribution in [0.15, 0.2) is 42.5 Å². The molecule has 3 rings (SSSR count). The minimum absolute atomic E-state index is 0.109. The first kappa shape index (κ1) is 12.5. The molecule has 0 amide bonds. The summed E-state index contributed by atoms with van der Waals surface area (Å²) in [5.74, 6) is 0.737. The van der Waals surface area contributed by atoms with Crippen molar-refractivity contribution in [2.24, 2.45) is 5.73 Å². The average molecular weight is 274 g/mol. The van der Waals surface area contributed by atoms with Gasteiger partial charge in [0.1, 0.15) is 11.9 Å². The summed E-state index contributed by atoms with van der Waals surface area (Å²) < 4.78 is 6.06. The minimum Gasteiger partial charge on any atom is -0.484 e. The molecule has 0 saturated heterocycles. The number of hydrogen-bond acceptors (Lipinski definition) is 2. The van der Waals surface area contributed by atoms with Crippen LogP contribution in [0.1, 0.15) is 29.2 Å². The van der Waals surface area contributed by atoms with Crippen LogP contribution >= 0.6 is 11.6 Å². The maximum atomic E-state index is 6.23. The van der Waals surface area contributed by atoms with Gasteiger partial charge in [-0.15, -0.1) is 0 Å². The molecule has 1 aliphatic rings. The molecule has 1 aliphatic carbocycles. The fourth-order valence-corrected chi connectivity index (χ4v) is 2.81. The molecule has 2 nitrogen and oxygen atoms in total. The molecule has 1 atom stereocenters. The molecule has 19 heavy (non-hydrogen) atoms. The van der Waals surface area contributed by atoms with Crippen LogP contribution in [-0.4, -0.2) is 0 Å². The number of benzene rings is 2. The van der Waals surface area contributed by atoms with E-state index in [1.54, 1.807) is 0 Å². The van der Waals surface area contributed by atoms with Gasteiger partial charge >= 0.3 is 0 Å². The van der Waals surface area contributed by atoms with Crippen molar-refractivity contribution in [3.05, 3.63) is 64.2 Å². The maximum absolute atomic E-state index is 6.23. The van der Waals surface area contributed by atoms with Crippen LogP contribution in [0.4, 0.5) is 0 Å². The molecule has 0 fully saturated rings. The van der Waals surface area contributed by atoms with E-state index in [9.17, 15) is 0 Å². The molecule has 2 aromatic carbocycles. The molecular weight excluding hydrogens is 258 g/mol. The van der Waals surface area contributed by atoms with Gasteiger partial charge in [-0.1, -0.05) is 41.9 Å². The van der Waals surface area contributed by atoms with Crippen LogP contribution < -0.4 is 10.5 Å². The van der Waals surface area contributed by atoms with Crippen molar-refractivity contribution in [3.63, 3.8) is 0 Å². The predicted molar refractivity (Wildman–Crippen MR) is 77.5 cm³/mol. The second kappa shape index (κ2) is 5.24. The smallest absolute Gasteiger partial charge is 0.138 e. The molecule has 98 valence electrons. The average Bonchev–Trinajstić information content (AvgIpc) is 2.84. The van der Waals surface area contributed by atoms with Gasteiger partial charge in [-0.05, 0) is 41.7 Å². The molecule has 0 spiro atoms. The largest absolute Gasteiger partial charge is 0.484 e.